The Morgan fingerprint density at radius 2 is 2.20 bits per heavy atom. The first-order chi connectivity index (χ1) is 12.2. The lowest BCUT2D eigenvalue weighted by Gasteiger charge is -2.22. The fourth-order valence-corrected chi connectivity index (χ4v) is 4.44. The zero-order chi connectivity index (χ0) is 17.2. The summed E-state index contributed by atoms with van der Waals surface area (Å²) in [5.74, 6) is 0.0647. The van der Waals surface area contributed by atoms with E-state index < -0.39 is 0 Å². The van der Waals surface area contributed by atoms with Crippen molar-refractivity contribution in [1.29, 1.82) is 0 Å². The number of aryl methyl sites for hydroxylation is 1. The Hall–Kier alpha value is -1.44. The third kappa shape index (κ3) is 3.88. The summed E-state index contributed by atoms with van der Waals surface area (Å²) in [5.41, 5.74) is 1.22. The molecule has 7 heteroatoms. The molecule has 0 aromatic carbocycles. The van der Waals surface area contributed by atoms with E-state index >= 15 is 0 Å². The Labute approximate surface area is 149 Å². The van der Waals surface area contributed by atoms with Crippen molar-refractivity contribution < 1.29 is 9.53 Å². The fraction of sp³-hybridized carbons (Fsp3) is 0.778. The van der Waals surface area contributed by atoms with Crippen molar-refractivity contribution in [2.45, 2.75) is 50.5 Å². The SMILES string of the molecule is Cn1cc(CN2CC[C@@H]3O[C@@H](C(=O)NCCN4CCCC4)C[C@@H]32)cn1. The normalized spacial score (nSPS) is 30.0. The highest BCUT2D eigenvalue weighted by Gasteiger charge is 2.45. The second-order valence-electron chi connectivity index (χ2n) is 7.59. The summed E-state index contributed by atoms with van der Waals surface area (Å²) in [5, 5.41) is 7.32. The van der Waals surface area contributed by atoms with Crippen molar-refractivity contribution in [3.63, 3.8) is 0 Å². The van der Waals surface area contributed by atoms with Crippen molar-refractivity contribution >= 4 is 5.91 Å². The third-order valence-electron chi connectivity index (χ3n) is 5.76. The maximum Gasteiger partial charge on any atom is 0.249 e. The molecule has 7 nitrogen and oxygen atoms in total. The van der Waals surface area contributed by atoms with Crippen LogP contribution in [0.25, 0.3) is 0 Å². The number of amides is 1. The van der Waals surface area contributed by atoms with Crippen molar-refractivity contribution in [2.24, 2.45) is 7.05 Å². The molecule has 3 atom stereocenters. The fourth-order valence-electron chi connectivity index (χ4n) is 4.44. The lowest BCUT2D eigenvalue weighted by atomic mass is 10.1. The van der Waals surface area contributed by atoms with E-state index in [0.717, 1.165) is 39.0 Å². The van der Waals surface area contributed by atoms with Gasteiger partial charge in [-0.25, -0.2) is 0 Å². The van der Waals surface area contributed by atoms with E-state index in [0.29, 0.717) is 6.04 Å². The van der Waals surface area contributed by atoms with Crippen LogP contribution in [0.2, 0.25) is 0 Å². The average molecular weight is 347 g/mol. The van der Waals surface area contributed by atoms with Crippen LogP contribution < -0.4 is 5.32 Å². The van der Waals surface area contributed by atoms with Crippen LogP contribution in [0.5, 0.6) is 0 Å². The number of carbonyl (C=O) groups excluding carboxylic acids is 1. The summed E-state index contributed by atoms with van der Waals surface area (Å²) in [6, 6.07) is 0.356. The second-order valence-corrected chi connectivity index (χ2v) is 7.59. The molecule has 0 saturated carbocycles. The zero-order valence-electron chi connectivity index (χ0n) is 15.1. The van der Waals surface area contributed by atoms with E-state index in [1.54, 1.807) is 0 Å². The van der Waals surface area contributed by atoms with Crippen LogP contribution in [-0.2, 0) is 23.1 Å². The highest BCUT2D eigenvalue weighted by molar-refractivity contribution is 5.81. The summed E-state index contributed by atoms with van der Waals surface area (Å²) >= 11 is 0. The van der Waals surface area contributed by atoms with Crippen LogP contribution in [0.4, 0.5) is 0 Å². The van der Waals surface area contributed by atoms with Crippen LogP contribution in [0.3, 0.4) is 0 Å². The first-order valence-electron chi connectivity index (χ1n) is 9.56. The molecular weight excluding hydrogens is 318 g/mol. The monoisotopic (exact) mass is 347 g/mol. The van der Waals surface area contributed by atoms with Crippen molar-refractivity contribution in [2.75, 3.05) is 32.7 Å². The quantitative estimate of drug-likeness (QED) is 0.805. The molecule has 0 unspecified atom stereocenters. The summed E-state index contributed by atoms with van der Waals surface area (Å²) in [6.07, 6.45) is 8.29. The number of hydrogen-bond acceptors (Lipinski definition) is 5. The Morgan fingerprint density at radius 1 is 1.36 bits per heavy atom. The van der Waals surface area contributed by atoms with Gasteiger partial charge in [0, 0.05) is 57.4 Å². The summed E-state index contributed by atoms with van der Waals surface area (Å²) in [6.45, 7) is 5.95. The van der Waals surface area contributed by atoms with Crippen molar-refractivity contribution in [3.8, 4) is 0 Å². The Bertz CT molecular complexity index is 598. The summed E-state index contributed by atoms with van der Waals surface area (Å²) in [4.78, 5) is 17.3. The van der Waals surface area contributed by atoms with Gasteiger partial charge in [-0.1, -0.05) is 0 Å². The molecule has 3 aliphatic heterocycles. The van der Waals surface area contributed by atoms with Gasteiger partial charge in [0.15, 0.2) is 0 Å². The predicted molar refractivity (Wildman–Crippen MR) is 94.0 cm³/mol. The van der Waals surface area contributed by atoms with Gasteiger partial charge in [0.05, 0.1) is 12.3 Å². The number of likely N-dealkylation sites (tertiary alicyclic amines) is 2. The van der Waals surface area contributed by atoms with E-state index in [1.165, 1.54) is 31.5 Å². The first kappa shape index (κ1) is 17.0. The minimum Gasteiger partial charge on any atom is -0.363 e. The maximum atomic E-state index is 12.4. The van der Waals surface area contributed by atoms with Crippen molar-refractivity contribution in [3.05, 3.63) is 18.0 Å². The van der Waals surface area contributed by atoms with Gasteiger partial charge in [-0.15, -0.1) is 0 Å². The molecule has 1 aromatic heterocycles. The van der Waals surface area contributed by atoms with Crippen LogP contribution >= 0.6 is 0 Å². The smallest absolute Gasteiger partial charge is 0.249 e. The van der Waals surface area contributed by atoms with Gasteiger partial charge >= 0.3 is 0 Å². The Kier molecular flexibility index (Phi) is 5.05. The van der Waals surface area contributed by atoms with Gasteiger partial charge in [-0.3, -0.25) is 14.4 Å². The van der Waals surface area contributed by atoms with E-state index in [-0.39, 0.29) is 18.1 Å². The van der Waals surface area contributed by atoms with Crippen LogP contribution in [0.1, 0.15) is 31.2 Å². The predicted octanol–water partition coefficient (Wildman–Crippen LogP) is 0.364. The molecular formula is C18H29N5O2. The number of nitrogens with one attached hydrogen (secondary N) is 1. The molecule has 3 fully saturated rings. The largest absolute Gasteiger partial charge is 0.363 e. The molecule has 0 aliphatic carbocycles. The van der Waals surface area contributed by atoms with Crippen LogP contribution in [0.15, 0.2) is 12.4 Å². The molecule has 0 bridgehead atoms. The van der Waals surface area contributed by atoms with Crippen LogP contribution in [0, 0.1) is 0 Å². The highest BCUT2D eigenvalue weighted by atomic mass is 16.5. The molecule has 1 amide bonds. The number of hydrogen-bond donors (Lipinski definition) is 1. The topological polar surface area (TPSA) is 62.6 Å². The zero-order valence-corrected chi connectivity index (χ0v) is 15.1. The van der Waals surface area contributed by atoms with Gasteiger partial charge in [0.1, 0.15) is 6.10 Å². The molecule has 138 valence electrons. The molecule has 4 rings (SSSR count). The maximum absolute atomic E-state index is 12.4. The molecule has 1 N–H and O–H groups in total. The van der Waals surface area contributed by atoms with E-state index in [2.05, 4.69) is 26.4 Å². The molecule has 4 heterocycles. The molecule has 3 saturated heterocycles. The van der Waals surface area contributed by atoms with Gasteiger partial charge < -0.3 is 15.0 Å². The molecule has 0 radical (unpaired) electrons. The standard InChI is InChI=1S/C18H29N5O2/c1-21-12-14(11-20-21)13-23-8-4-16-15(23)10-17(25-16)18(24)19-5-9-22-6-2-3-7-22/h11-12,15-17H,2-10,13H2,1H3,(H,19,24)/t15-,16-,17+/m0/s1. The lowest BCUT2D eigenvalue weighted by Crippen LogP contribution is -2.40. The molecule has 1 aromatic rings. The number of ether oxygens (including phenoxy) is 1. The van der Waals surface area contributed by atoms with E-state index in [4.69, 9.17) is 4.74 Å². The van der Waals surface area contributed by atoms with Gasteiger partial charge in [-0.05, 0) is 32.4 Å². The first-order valence-corrected chi connectivity index (χ1v) is 9.56. The van der Waals surface area contributed by atoms with Gasteiger partial charge in [0.2, 0.25) is 5.91 Å². The minimum absolute atomic E-state index is 0.0647. The number of aromatic nitrogens is 2. The van der Waals surface area contributed by atoms with Gasteiger partial charge in [0.25, 0.3) is 0 Å². The number of carbonyl (C=O) groups is 1. The van der Waals surface area contributed by atoms with E-state index in [1.807, 2.05) is 17.9 Å². The summed E-state index contributed by atoms with van der Waals surface area (Å²) < 4.78 is 7.89. The number of fused-ring (bicyclic) bond motifs is 1. The Morgan fingerprint density at radius 3 is 2.96 bits per heavy atom. The van der Waals surface area contributed by atoms with E-state index in [9.17, 15) is 4.79 Å². The molecule has 0 spiro atoms. The average Bonchev–Trinajstić information content (AvgIpc) is 3.34. The molecule has 25 heavy (non-hydrogen) atoms. The Balaban J connectivity index is 1.24. The second kappa shape index (κ2) is 7.43. The van der Waals surface area contributed by atoms with Crippen LogP contribution in [-0.4, -0.2) is 76.5 Å². The number of nitrogens with zero attached hydrogens (tertiary/aromatic N) is 4. The lowest BCUT2D eigenvalue weighted by molar-refractivity contribution is -0.132. The highest BCUT2D eigenvalue weighted by Crippen LogP contribution is 2.33. The minimum atomic E-state index is -0.287. The molecule has 3 aliphatic rings. The van der Waals surface area contributed by atoms with Crippen molar-refractivity contribution in [1.82, 2.24) is 24.9 Å². The third-order valence-corrected chi connectivity index (χ3v) is 5.76. The van der Waals surface area contributed by atoms with Gasteiger partial charge in [-0.2, -0.15) is 5.10 Å². The summed E-state index contributed by atoms with van der Waals surface area (Å²) in [7, 11) is 1.94. The number of rotatable bonds is 6.